The third kappa shape index (κ3) is 3.93. The topological polar surface area (TPSA) is 89.8 Å². The summed E-state index contributed by atoms with van der Waals surface area (Å²) < 4.78 is 0.490. The number of nitrogens with one attached hydrogen (secondary N) is 1. The van der Waals surface area contributed by atoms with Gasteiger partial charge >= 0.3 is 0 Å². The predicted octanol–water partition coefficient (Wildman–Crippen LogP) is 1.04. The SMILES string of the molecule is O=C(NC(CO)(CO)CO)c1cc(Cl)cc(Cl)c1I. The number of benzene rings is 1. The number of aliphatic hydroxyl groups is 3. The summed E-state index contributed by atoms with van der Waals surface area (Å²) in [5.74, 6) is -0.592. The van der Waals surface area contributed by atoms with Crippen LogP contribution in [0.5, 0.6) is 0 Å². The molecule has 5 nitrogen and oxygen atoms in total. The van der Waals surface area contributed by atoms with Crippen LogP contribution in [-0.4, -0.2) is 46.6 Å². The van der Waals surface area contributed by atoms with Crippen molar-refractivity contribution >= 4 is 51.7 Å². The second-order valence-electron chi connectivity index (χ2n) is 3.96. The lowest BCUT2D eigenvalue weighted by atomic mass is 10.0. The fraction of sp³-hybridized carbons (Fsp3) is 0.364. The second kappa shape index (κ2) is 7.05. The first-order chi connectivity index (χ1) is 8.89. The number of carbonyl (C=O) groups is 1. The molecule has 0 radical (unpaired) electrons. The highest BCUT2D eigenvalue weighted by Gasteiger charge is 2.31. The van der Waals surface area contributed by atoms with Crippen molar-refractivity contribution in [2.75, 3.05) is 19.8 Å². The van der Waals surface area contributed by atoms with Crippen molar-refractivity contribution in [2.24, 2.45) is 0 Å². The highest BCUT2D eigenvalue weighted by molar-refractivity contribution is 14.1. The number of halogens is 3. The Morgan fingerprint density at radius 3 is 2.21 bits per heavy atom. The lowest BCUT2D eigenvalue weighted by Crippen LogP contribution is -2.57. The van der Waals surface area contributed by atoms with Gasteiger partial charge in [-0.3, -0.25) is 4.79 Å². The monoisotopic (exact) mass is 419 g/mol. The van der Waals surface area contributed by atoms with E-state index in [0.29, 0.717) is 8.59 Å². The second-order valence-corrected chi connectivity index (χ2v) is 5.88. The van der Waals surface area contributed by atoms with Crippen LogP contribution in [0.1, 0.15) is 10.4 Å². The molecule has 1 rings (SSSR count). The maximum Gasteiger partial charge on any atom is 0.253 e. The minimum atomic E-state index is -1.49. The van der Waals surface area contributed by atoms with E-state index in [9.17, 15) is 4.79 Å². The number of carbonyl (C=O) groups excluding carboxylic acids is 1. The van der Waals surface area contributed by atoms with Gasteiger partial charge in [-0.25, -0.2) is 0 Å². The molecular weight excluding hydrogens is 408 g/mol. The van der Waals surface area contributed by atoms with Crippen molar-refractivity contribution in [1.29, 1.82) is 0 Å². The Morgan fingerprint density at radius 2 is 1.74 bits per heavy atom. The number of aliphatic hydroxyl groups excluding tert-OH is 3. The van der Waals surface area contributed by atoms with Crippen molar-refractivity contribution < 1.29 is 20.1 Å². The first-order valence-electron chi connectivity index (χ1n) is 5.19. The van der Waals surface area contributed by atoms with Gasteiger partial charge in [-0.1, -0.05) is 23.2 Å². The van der Waals surface area contributed by atoms with Crippen molar-refractivity contribution in [2.45, 2.75) is 5.54 Å². The van der Waals surface area contributed by atoms with Crippen molar-refractivity contribution in [3.05, 3.63) is 31.3 Å². The van der Waals surface area contributed by atoms with Crippen LogP contribution in [-0.2, 0) is 0 Å². The number of amides is 1. The van der Waals surface area contributed by atoms with Crippen LogP contribution >= 0.6 is 45.8 Å². The summed E-state index contributed by atoms with van der Waals surface area (Å²) in [5.41, 5.74) is -1.28. The van der Waals surface area contributed by atoms with Crippen molar-refractivity contribution in [3.8, 4) is 0 Å². The maximum absolute atomic E-state index is 12.1. The number of hydrogen-bond donors (Lipinski definition) is 4. The van der Waals surface area contributed by atoms with Gasteiger partial charge in [0.1, 0.15) is 5.54 Å². The quantitative estimate of drug-likeness (QED) is 0.424. The number of hydrogen-bond acceptors (Lipinski definition) is 4. The zero-order valence-electron chi connectivity index (χ0n) is 9.66. The standard InChI is InChI=1S/C11H12Cl2INO4/c12-6-1-7(9(14)8(13)2-6)10(19)15-11(3-16,4-17)5-18/h1-2,16-18H,3-5H2,(H,15,19). The minimum Gasteiger partial charge on any atom is -0.394 e. The van der Waals surface area contributed by atoms with E-state index < -0.39 is 31.3 Å². The third-order valence-corrected chi connectivity index (χ3v) is 4.52. The molecule has 0 fully saturated rings. The van der Waals surface area contributed by atoms with Gasteiger partial charge in [-0.05, 0) is 34.7 Å². The molecule has 1 aromatic carbocycles. The zero-order chi connectivity index (χ0) is 14.6. The molecule has 0 aliphatic heterocycles. The fourth-order valence-corrected chi connectivity index (χ4v) is 2.35. The van der Waals surface area contributed by atoms with Crippen LogP contribution in [0.3, 0.4) is 0 Å². The Labute approximate surface area is 133 Å². The molecule has 0 spiro atoms. The summed E-state index contributed by atoms with van der Waals surface area (Å²) in [6, 6.07) is 2.92. The van der Waals surface area contributed by atoms with Gasteiger partial charge < -0.3 is 20.6 Å². The molecule has 1 aromatic rings. The summed E-state index contributed by atoms with van der Waals surface area (Å²) in [5, 5.41) is 30.5. The highest BCUT2D eigenvalue weighted by Crippen LogP contribution is 2.27. The van der Waals surface area contributed by atoms with Crippen LogP contribution in [0.15, 0.2) is 12.1 Å². The van der Waals surface area contributed by atoms with Crippen molar-refractivity contribution in [3.63, 3.8) is 0 Å². The molecule has 0 unspecified atom stereocenters. The Balaban J connectivity index is 3.08. The number of rotatable bonds is 5. The van der Waals surface area contributed by atoms with Gasteiger partial charge in [0.15, 0.2) is 0 Å². The van der Waals surface area contributed by atoms with Crippen LogP contribution in [0, 0.1) is 3.57 Å². The summed E-state index contributed by atoms with van der Waals surface area (Å²) in [7, 11) is 0. The molecule has 0 bridgehead atoms. The van der Waals surface area contributed by atoms with E-state index in [2.05, 4.69) is 5.32 Å². The zero-order valence-corrected chi connectivity index (χ0v) is 13.3. The van der Waals surface area contributed by atoms with E-state index in [-0.39, 0.29) is 10.6 Å². The van der Waals surface area contributed by atoms with Crippen LogP contribution in [0.2, 0.25) is 10.0 Å². The Hall–Kier alpha value is -0.120. The van der Waals surface area contributed by atoms with E-state index in [1.165, 1.54) is 12.1 Å². The molecule has 1 amide bonds. The highest BCUT2D eigenvalue weighted by atomic mass is 127. The van der Waals surface area contributed by atoms with Crippen LogP contribution in [0.25, 0.3) is 0 Å². The van der Waals surface area contributed by atoms with Gasteiger partial charge in [0.2, 0.25) is 0 Å². The van der Waals surface area contributed by atoms with E-state index in [4.69, 9.17) is 38.5 Å². The summed E-state index contributed by atoms with van der Waals surface area (Å²) >= 11 is 13.6. The minimum absolute atomic E-state index is 0.206. The van der Waals surface area contributed by atoms with E-state index in [1.54, 1.807) is 0 Å². The van der Waals surface area contributed by atoms with Crippen molar-refractivity contribution in [1.82, 2.24) is 5.32 Å². The molecule has 0 atom stereocenters. The van der Waals surface area contributed by atoms with Gasteiger partial charge in [-0.15, -0.1) is 0 Å². The Morgan fingerprint density at radius 1 is 1.21 bits per heavy atom. The van der Waals surface area contributed by atoms with E-state index in [0.717, 1.165) is 0 Å². The molecule has 0 heterocycles. The molecule has 8 heteroatoms. The molecule has 0 aliphatic rings. The molecule has 0 aliphatic carbocycles. The molecule has 0 saturated heterocycles. The van der Waals surface area contributed by atoms with Gasteiger partial charge in [0, 0.05) is 8.59 Å². The molecular formula is C11H12Cl2INO4. The summed E-state index contributed by atoms with van der Waals surface area (Å²) in [4.78, 5) is 12.1. The molecule has 106 valence electrons. The average molecular weight is 420 g/mol. The first kappa shape index (κ1) is 16.9. The van der Waals surface area contributed by atoms with E-state index >= 15 is 0 Å². The fourth-order valence-electron chi connectivity index (χ4n) is 1.30. The molecule has 19 heavy (non-hydrogen) atoms. The average Bonchev–Trinajstić information content (AvgIpc) is 2.40. The lowest BCUT2D eigenvalue weighted by Gasteiger charge is -2.28. The Kier molecular flexibility index (Phi) is 6.28. The summed E-state index contributed by atoms with van der Waals surface area (Å²) in [6.07, 6.45) is 0. The molecule has 4 N–H and O–H groups in total. The summed E-state index contributed by atoms with van der Waals surface area (Å²) in [6.45, 7) is -1.80. The normalized spacial score (nSPS) is 11.5. The largest absolute Gasteiger partial charge is 0.394 e. The smallest absolute Gasteiger partial charge is 0.253 e. The van der Waals surface area contributed by atoms with Gasteiger partial charge in [-0.2, -0.15) is 0 Å². The molecule has 0 saturated carbocycles. The van der Waals surface area contributed by atoms with E-state index in [1.807, 2.05) is 22.6 Å². The lowest BCUT2D eigenvalue weighted by molar-refractivity contribution is 0.0375. The third-order valence-electron chi connectivity index (χ3n) is 2.52. The van der Waals surface area contributed by atoms with Gasteiger partial charge in [0.05, 0.1) is 30.4 Å². The van der Waals surface area contributed by atoms with Crippen LogP contribution < -0.4 is 5.32 Å². The first-order valence-corrected chi connectivity index (χ1v) is 7.02. The molecule has 0 aromatic heterocycles. The Bertz CT molecular complexity index is 472. The van der Waals surface area contributed by atoms with Crippen LogP contribution in [0.4, 0.5) is 0 Å². The van der Waals surface area contributed by atoms with Gasteiger partial charge in [0.25, 0.3) is 5.91 Å². The predicted molar refractivity (Wildman–Crippen MR) is 80.6 cm³/mol. The maximum atomic E-state index is 12.1.